The molecular weight excluding hydrogens is 346 g/mol. The first-order chi connectivity index (χ1) is 12.8. The van der Waals surface area contributed by atoms with Crippen molar-refractivity contribution in [1.29, 1.82) is 0 Å². The van der Waals surface area contributed by atoms with Crippen LogP contribution in [0.5, 0.6) is 0 Å². The molecular formula is C19H17N5OS. The lowest BCUT2D eigenvalue weighted by Crippen LogP contribution is -2.23. The number of hydrogen-bond donors (Lipinski definition) is 2. The maximum absolute atomic E-state index is 12.7. The van der Waals surface area contributed by atoms with Crippen molar-refractivity contribution in [1.82, 2.24) is 19.7 Å². The van der Waals surface area contributed by atoms with Crippen LogP contribution in [0.3, 0.4) is 0 Å². The largest absolute Gasteiger partial charge is 0.365 e. The molecule has 1 aromatic carbocycles. The Morgan fingerprint density at radius 2 is 1.96 bits per heavy atom. The van der Waals surface area contributed by atoms with Gasteiger partial charge in [-0.05, 0) is 17.7 Å². The van der Waals surface area contributed by atoms with Crippen LogP contribution in [0.25, 0.3) is 16.2 Å². The number of thiazole rings is 1. The molecule has 0 unspecified atom stereocenters. The fraction of sp³-hybridized carbons (Fsp3) is 0.105. The van der Waals surface area contributed by atoms with E-state index in [-0.39, 0.29) is 5.91 Å². The van der Waals surface area contributed by atoms with E-state index in [0.717, 1.165) is 21.1 Å². The Hall–Kier alpha value is -3.19. The van der Waals surface area contributed by atoms with Crippen LogP contribution in [0.2, 0.25) is 0 Å². The molecule has 0 spiro atoms. The van der Waals surface area contributed by atoms with Gasteiger partial charge in [-0.25, -0.2) is 9.97 Å². The highest BCUT2D eigenvalue weighted by Gasteiger charge is 2.19. The van der Waals surface area contributed by atoms with Gasteiger partial charge in [0.15, 0.2) is 16.6 Å². The zero-order chi connectivity index (χ0) is 17.9. The second kappa shape index (κ2) is 6.97. The summed E-state index contributed by atoms with van der Waals surface area (Å²) in [4.78, 5) is 22.5. The van der Waals surface area contributed by atoms with Gasteiger partial charge < -0.3 is 10.6 Å². The van der Waals surface area contributed by atoms with Gasteiger partial charge in [-0.3, -0.25) is 9.20 Å². The molecule has 3 aromatic heterocycles. The summed E-state index contributed by atoms with van der Waals surface area (Å²) in [6, 6.07) is 15.5. The highest BCUT2D eigenvalue weighted by atomic mass is 32.1. The van der Waals surface area contributed by atoms with Gasteiger partial charge >= 0.3 is 0 Å². The summed E-state index contributed by atoms with van der Waals surface area (Å²) in [5.74, 6) is 0.520. The summed E-state index contributed by atoms with van der Waals surface area (Å²) >= 11 is 1.50. The van der Waals surface area contributed by atoms with E-state index in [9.17, 15) is 4.79 Å². The smallest absolute Gasteiger partial charge is 0.272 e. The van der Waals surface area contributed by atoms with Gasteiger partial charge in [-0.2, -0.15) is 0 Å². The second-order valence-electron chi connectivity index (χ2n) is 5.69. The van der Waals surface area contributed by atoms with E-state index < -0.39 is 0 Å². The number of nitrogens with zero attached hydrogens (tertiary/aromatic N) is 3. The quantitative estimate of drug-likeness (QED) is 0.570. The molecule has 4 rings (SSSR count). The van der Waals surface area contributed by atoms with Crippen molar-refractivity contribution in [3.05, 3.63) is 72.2 Å². The van der Waals surface area contributed by atoms with Crippen LogP contribution < -0.4 is 10.6 Å². The minimum Gasteiger partial charge on any atom is -0.365 e. The second-order valence-corrected chi connectivity index (χ2v) is 6.72. The predicted molar refractivity (Wildman–Crippen MR) is 103 cm³/mol. The van der Waals surface area contributed by atoms with E-state index in [4.69, 9.17) is 0 Å². The summed E-state index contributed by atoms with van der Waals surface area (Å²) in [6.07, 6.45) is 3.67. The van der Waals surface area contributed by atoms with Gasteiger partial charge in [0.2, 0.25) is 0 Å². The van der Waals surface area contributed by atoms with Crippen LogP contribution in [0.4, 0.5) is 5.13 Å². The number of amides is 1. The third-order valence-corrected chi connectivity index (χ3v) is 5.01. The molecule has 130 valence electrons. The number of nitrogens with one attached hydrogen (secondary N) is 2. The molecule has 0 aliphatic heterocycles. The van der Waals surface area contributed by atoms with E-state index in [2.05, 4.69) is 20.6 Å². The number of aromatic nitrogens is 3. The molecule has 4 aromatic rings. The number of imidazole rings is 1. The van der Waals surface area contributed by atoms with Crippen molar-refractivity contribution in [3.8, 4) is 10.7 Å². The molecule has 1 amide bonds. The Balaban J connectivity index is 1.68. The number of pyridine rings is 1. The highest BCUT2D eigenvalue weighted by molar-refractivity contribution is 7.18. The highest BCUT2D eigenvalue weighted by Crippen LogP contribution is 2.29. The first-order valence-corrected chi connectivity index (χ1v) is 9.01. The molecule has 3 heterocycles. The fourth-order valence-electron chi connectivity index (χ4n) is 2.73. The maximum atomic E-state index is 12.7. The van der Waals surface area contributed by atoms with Gasteiger partial charge in [-0.15, -0.1) is 0 Å². The van der Waals surface area contributed by atoms with Crippen molar-refractivity contribution in [2.75, 3.05) is 12.4 Å². The molecule has 26 heavy (non-hydrogen) atoms. The molecule has 0 saturated carbocycles. The van der Waals surface area contributed by atoms with Crippen LogP contribution >= 0.6 is 11.3 Å². The summed E-state index contributed by atoms with van der Waals surface area (Å²) in [5, 5.41) is 6.78. The molecule has 0 aliphatic rings. The molecule has 0 fully saturated rings. The minimum absolute atomic E-state index is 0.192. The van der Waals surface area contributed by atoms with Gasteiger partial charge in [0.25, 0.3) is 5.91 Å². The topological polar surface area (TPSA) is 71.3 Å². The fourth-order valence-corrected chi connectivity index (χ4v) is 3.49. The Kier molecular flexibility index (Phi) is 4.37. The predicted octanol–water partition coefficient (Wildman–Crippen LogP) is 3.43. The van der Waals surface area contributed by atoms with E-state index in [0.29, 0.717) is 18.1 Å². The van der Waals surface area contributed by atoms with E-state index >= 15 is 0 Å². The van der Waals surface area contributed by atoms with E-state index in [1.165, 1.54) is 11.3 Å². The van der Waals surface area contributed by atoms with Crippen molar-refractivity contribution in [3.63, 3.8) is 0 Å². The van der Waals surface area contributed by atoms with Gasteiger partial charge in [0.05, 0.1) is 16.6 Å². The summed E-state index contributed by atoms with van der Waals surface area (Å²) < 4.78 is 1.92. The van der Waals surface area contributed by atoms with Crippen LogP contribution in [-0.2, 0) is 6.54 Å². The van der Waals surface area contributed by atoms with Crippen molar-refractivity contribution < 1.29 is 4.79 Å². The number of anilines is 1. The average Bonchev–Trinajstić information content (AvgIpc) is 3.31. The van der Waals surface area contributed by atoms with E-state index in [1.807, 2.05) is 66.2 Å². The van der Waals surface area contributed by atoms with Gasteiger partial charge in [0.1, 0.15) is 0 Å². The Bertz CT molecular complexity index is 1050. The van der Waals surface area contributed by atoms with Crippen LogP contribution in [-0.4, -0.2) is 27.3 Å². The third kappa shape index (κ3) is 3.04. The van der Waals surface area contributed by atoms with Crippen molar-refractivity contribution in [2.24, 2.45) is 0 Å². The summed E-state index contributed by atoms with van der Waals surface area (Å²) in [6.45, 7) is 0.464. The first-order valence-electron chi connectivity index (χ1n) is 8.19. The van der Waals surface area contributed by atoms with Crippen molar-refractivity contribution >= 4 is 27.9 Å². The molecule has 0 radical (unpaired) electrons. The summed E-state index contributed by atoms with van der Waals surface area (Å²) in [7, 11) is 1.83. The van der Waals surface area contributed by atoms with Gasteiger partial charge in [0, 0.05) is 19.8 Å². The van der Waals surface area contributed by atoms with Crippen LogP contribution in [0.1, 0.15) is 16.1 Å². The minimum atomic E-state index is -0.192. The molecule has 0 atom stereocenters. The van der Waals surface area contributed by atoms with Gasteiger partial charge in [-0.1, -0.05) is 47.7 Å². The zero-order valence-electron chi connectivity index (χ0n) is 14.1. The maximum Gasteiger partial charge on any atom is 0.272 e. The number of carbonyl (C=O) groups excluding carboxylic acids is 1. The lowest BCUT2D eigenvalue weighted by atomic mass is 10.2. The van der Waals surface area contributed by atoms with E-state index in [1.54, 1.807) is 6.20 Å². The first kappa shape index (κ1) is 16.3. The molecule has 2 N–H and O–H groups in total. The zero-order valence-corrected chi connectivity index (χ0v) is 15.0. The lowest BCUT2D eigenvalue weighted by Gasteiger charge is -2.03. The normalized spacial score (nSPS) is 10.8. The number of rotatable bonds is 5. The number of hydrogen-bond acceptors (Lipinski definition) is 5. The SMILES string of the molecule is CNc1ncc(-c2nc(C(=O)NCc3ccccc3)c3ccccn23)s1. The Morgan fingerprint density at radius 3 is 2.73 bits per heavy atom. The molecule has 6 nitrogen and oxygen atoms in total. The third-order valence-electron chi connectivity index (χ3n) is 4.00. The summed E-state index contributed by atoms with van der Waals surface area (Å²) in [5.41, 5.74) is 2.23. The lowest BCUT2D eigenvalue weighted by molar-refractivity contribution is 0.0948. The standard InChI is InChI=1S/C19H17N5OS/c1-20-19-22-12-15(26-19)17-23-16(14-9-5-6-10-24(14)17)18(25)21-11-13-7-3-2-4-8-13/h2-10,12H,11H2,1H3,(H,20,22)(H,21,25). The molecule has 7 heteroatoms. The number of fused-ring (bicyclic) bond motifs is 1. The van der Waals surface area contributed by atoms with Crippen molar-refractivity contribution in [2.45, 2.75) is 6.54 Å². The number of benzene rings is 1. The monoisotopic (exact) mass is 363 g/mol. The molecule has 0 bridgehead atoms. The molecule has 0 saturated heterocycles. The average molecular weight is 363 g/mol. The molecule has 0 aliphatic carbocycles. The van der Waals surface area contributed by atoms with Crippen LogP contribution in [0.15, 0.2) is 60.9 Å². The number of carbonyl (C=O) groups is 1. The van der Waals surface area contributed by atoms with Crippen LogP contribution in [0, 0.1) is 0 Å². The Morgan fingerprint density at radius 1 is 1.15 bits per heavy atom. The Labute approximate surface area is 154 Å².